The second kappa shape index (κ2) is 9.43. The van der Waals surface area contributed by atoms with Crippen molar-refractivity contribution in [1.82, 2.24) is 10.2 Å². The Balaban J connectivity index is 1.69. The second-order valence-electron chi connectivity index (χ2n) is 7.88. The summed E-state index contributed by atoms with van der Waals surface area (Å²) in [5.74, 6) is 0.723. The highest BCUT2D eigenvalue weighted by Gasteiger charge is 2.27. The van der Waals surface area contributed by atoms with Gasteiger partial charge in [0.15, 0.2) is 0 Å². The molecule has 2 saturated heterocycles. The summed E-state index contributed by atoms with van der Waals surface area (Å²) < 4.78 is 0. The van der Waals surface area contributed by atoms with E-state index < -0.39 is 5.60 Å². The fourth-order valence-corrected chi connectivity index (χ4v) is 4.98. The number of aliphatic hydroxyl groups is 1. The predicted molar refractivity (Wildman–Crippen MR) is 130 cm³/mol. The zero-order chi connectivity index (χ0) is 22.0. The lowest BCUT2D eigenvalue weighted by atomic mass is 10.1. The van der Waals surface area contributed by atoms with Gasteiger partial charge < -0.3 is 20.2 Å². The normalized spacial score (nSPS) is 26.1. The van der Waals surface area contributed by atoms with Gasteiger partial charge in [-0.15, -0.1) is 11.8 Å². The number of rotatable bonds is 3. The van der Waals surface area contributed by atoms with Crippen LogP contribution in [-0.4, -0.2) is 60.0 Å². The van der Waals surface area contributed by atoms with Crippen molar-refractivity contribution in [2.75, 3.05) is 43.4 Å². The molecule has 1 atom stereocenters. The standard InChI is InChI=1S/C23H25Cl2N3O2S/c1-23(30)6-4-16(20(5-7-23)27-10-8-26-9-11-27)14-21-22(29)28(12-13-31-21)17-2-3-18(24)19(25)15-17/h2-7,14-15,26,30H,8-13H2,1H3/b21-14-. The van der Waals surface area contributed by atoms with Gasteiger partial charge in [0.1, 0.15) is 0 Å². The van der Waals surface area contributed by atoms with E-state index in [0.29, 0.717) is 21.5 Å². The van der Waals surface area contributed by atoms with Crippen molar-refractivity contribution in [2.24, 2.45) is 0 Å². The van der Waals surface area contributed by atoms with E-state index in [4.69, 9.17) is 23.2 Å². The van der Waals surface area contributed by atoms with Crippen molar-refractivity contribution < 1.29 is 9.90 Å². The summed E-state index contributed by atoms with van der Waals surface area (Å²) in [4.78, 5) is 18.0. The third-order valence-corrected chi connectivity index (χ3v) is 7.19. The van der Waals surface area contributed by atoms with E-state index in [0.717, 1.165) is 48.9 Å². The number of amides is 1. The summed E-state index contributed by atoms with van der Waals surface area (Å²) in [6.45, 7) is 5.91. The number of allylic oxidation sites excluding steroid dienone is 4. The van der Waals surface area contributed by atoms with Gasteiger partial charge in [-0.25, -0.2) is 0 Å². The molecule has 1 amide bonds. The van der Waals surface area contributed by atoms with Crippen LogP contribution in [0.25, 0.3) is 0 Å². The lowest BCUT2D eigenvalue weighted by Crippen LogP contribution is -2.42. The Morgan fingerprint density at radius 3 is 2.61 bits per heavy atom. The lowest BCUT2D eigenvalue weighted by Gasteiger charge is -2.32. The molecule has 5 nitrogen and oxygen atoms in total. The third kappa shape index (κ3) is 5.21. The largest absolute Gasteiger partial charge is 0.382 e. The average Bonchev–Trinajstić information content (AvgIpc) is 2.90. The maximum atomic E-state index is 13.3. The summed E-state index contributed by atoms with van der Waals surface area (Å²) in [6, 6.07) is 5.26. The summed E-state index contributed by atoms with van der Waals surface area (Å²) in [5, 5.41) is 14.8. The first-order valence-corrected chi connectivity index (χ1v) is 12.0. The number of nitrogens with zero attached hydrogens (tertiary/aromatic N) is 2. The van der Waals surface area contributed by atoms with Crippen molar-refractivity contribution >= 4 is 46.6 Å². The number of hydrogen-bond acceptors (Lipinski definition) is 5. The fraction of sp³-hybridized carbons (Fsp3) is 0.348. The molecule has 3 aliphatic rings. The molecule has 0 bridgehead atoms. The van der Waals surface area contributed by atoms with Gasteiger partial charge in [-0.05, 0) is 55.0 Å². The number of benzene rings is 1. The van der Waals surface area contributed by atoms with Crippen molar-refractivity contribution in [3.63, 3.8) is 0 Å². The molecular formula is C23H25Cl2N3O2S. The van der Waals surface area contributed by atoms with E-state index in [1.165, 1.54) is 0 Å². The van der Waals surface area contributed by atoms with Crippen molar-refractivity contribution in [3.8, 4) is 0 Å². The van der Waals surface area contributed by atoms with Gasteiger partial charge in [-0.2, -0.15) is 0 Å². The maximum absolute atomic E-state index is 13.3. The van der Waals surface area contributed by atoms with Crippen LogP contribution < -0.4 is 10.2 Å². The minimum absolute atomic E-state index is 0.0600. The molecule has 31 heavy (non-hydrogen) atoms. The molecule has 0 spiro atoms. The molecule has 1 aromatic rings. The average molecular weight is 478 g/mol. The number of thioether (sulfide) groups is 1. The fourth-order valence-electron chi connectivity index (χ4n) is 3.75. The summed E-state index contributed by atoms with van der Waals surface area (Å²) in [6.07, 6.45) is 9.38. The highest BCUT2D eigenvalue weighted by Crippen LogP contribution is 2.34. The van der Waals surface area contributed by atoms with Crippen LogP contribution in [0.3, 0.4) is 0 Å². The molecule has 4 rings (SSSR count). The number of hydrogen-bond donors (Lipinski definition) is 2. The van der Waals surface area contributed by atoms with Crippen LogP contribution >= 0.6 is 35.0 Å². The first-order chi connectivity index (χ1) is 14.8. The number of carbonyl (C=O) groups excluding carboxylic acids is 1. The predicted octanol–water partition coefficient (Wildman–Crippen LogP) is 3.99. The van der Waals surface area contributed by atoms with Gasteiger partial charge in [0.2, 0.25) is 0 Å². The highest BCUT2D eigenvalue weighted by molar-refractivity contribution is 8.04. The maximum Gasteiger partial charge on any atom is 0.264 e. The van der Waals surface area contributed by atoms with Crippen molar-refractivity contribution in [1.29, 1.82) is 0 Å². The molecule has 0 aromatic heterocycles. The molecule has 0 saturated carbocycles. The van der Waals surface area contributed by atoms with Gasteiger partial charge in [-0.3, -0.25) is 4.79 Å². The molecule has 164 valence electrons. The molecule has 1 unspecified atom stereocenters. The molecule has 8 heteroatoms. The van der Waals surface area contributed by atoms with Crippen molar-refractivity contribution in [3.05, 3.63) is 74.8 Å². The van der Waals surface area contributed by atoms with Crippen LogP contribution in [0.4, 0.5) is 5.69 Å². The monoisotopic (exact) mass is 477 g/mol. The molecule has 0 radical (unpaired) electrons. The summed E-state index contributed by atoms with van der Waals surface area (Å²) in [7, 11) is 0. The quantitative estimate of drug-likeness (QED) is 0.644. The highest BCUT2D eigenvalue weighted by atomic mass is 35.5. The number of anilines is 1. The number of nitrogens with one attached hydrogen (secondary N) is 1. The second-order valence-corrected chi connectivity index (χ2v) is 9.83. The molecule has 1 aliphatic carbocycles. The van der Waals surface area contributed by atoms with E-state index in [1.54, 1.807) is 47.9 Å². The van der Waals surface area contributed by atoms with Crippen LogP contribution in [0, 0.1) is 0 Å². The minimum atomic E-state index is -1.03. The van der Waals surface area contributed by atoms with Gasteiger partial charge in [0.05, 0.1) is 20.6 Å². The number of halogens is 2. The van der Waals surface area contributed by atoms with E-state index in [1.807, 2.05) is 24.3 Å². The van der Waals surface area contributed by atoms with E-state index in [-0.39, 0.29) is 5.91 Å². The Bertz CT molecular complexity index is 995. The Morgan fingerprint density at radius 1 is 1.13 bits per heavy atom. The SMILES string of the molecule is CC1(O)C=CC(/C=C2\SCCN(c3ccc(Cl)c(Cl)c3)C2=O)=C(N2CCNCC2)C=C1. The number of carbonyl (C=O) groups is 1. The van der Waals surface area contributed by atoms with E-state index in [2.05, 4.69) is 10.2 Å². The molecule has 2 aliphatic heterocycles. The molecule has 2 fully saturated rings. The third-order valence-electron chi connectivity index (χ3n) is 5.46. The van der Waals surface area contributed by atoms with Gasteiger partial charge in [-0.1, -0.05) is 29.3 Å². The Morgan fingerprint density at radius 2 is 1.87 bits per heavy atom. The zero-order valence-corrected chi connectivity index (χ0v) is 19.6. The summed E-state index contributed by atoms with van der Waals surface area (Å²) in [5.41, 5.74) is 1.64. The smallest absolute Gasteiger partial charge is 0.264 e. The lowest BCUT2D eigenvalue weighted by molar-refractivity contribution is -0.114. The summed E-state index contributed by atoms with van der Waals surface area (Å²) >= 11 is 13.8. The van der Waals surface area contributed by atoms with Gasteiger partial charge in [0.25, 0.3) is 5.91 Å². The minimum Gasteiger partial charge on any atom is -0.382 e. The van der Waals surface area contributed by atoms with Crippen LogP contribution in [0.2, 0.25) is 10.0 Å². The molecular weight excluding hydrogens is 453 g/mol. The first kappa shape index (κ1) is 22.5. The topological polar surface area (TPSA) is 55.8 Å². The zero-order valence-electron chi connectivity index (χ0n) is 17.3. The number of piperazine rings is 1. The Kier molecular flexibility index (Phi) is 6.84. The van der Waals surface area contributed by atoms with Gasteiger partial charge >= 0.3 is 0 Å². The molecule has 1 aromatic carbocycles. The van der Waals surface area contributed by atoms with Crippen LogP contribution in [0.5, 0.6) is 0 Å². The first-order valence-electron chi connectivity index (χ1n) is 10.3. The van der Waals surface area contributed by atoms with E-state index >= 15 is 0 Å². The Labute approximate surface area is 197 Å². The molecule has 2 N–H and O–H groups in total. The van der Waals surface area contributed by atoms with Crippen LogP contribution in [0.1, 0.15) is 6.92 Å². The Hall–Kier alpha value is -1.70. The van der Waals surface area contributed by atoms with Gasteiger partial charge in [0, 0.05) is 49.9 Å². The van der Waals surface area contributed by atoms with Crippen molar-refractivity contribution in [2.45, 2.75) is 12.5 Å². The van der Waals surface area contributed by atoms with E-state index in [9.17, 15) is 9.90 Å². The molecule has 2 heterocycles. The van der Waals surface area contributed by atoms with Crippen LogP contribution in [0.15, 0.2) is 64.8 Å². The van der Waals surface area contributed by atoms with Crippen LogP contribution in [-0.2, 0) is 4.79 Å².